The molecule has 166 valence electrons. The Morgan fingerprint density at radius 3 is 2.59 bits per heavy atom. The van der Waals surface area contributed by atoms with Crippen LogP contribution in [0.3, 0.4) is 0 Å². The summed E-state index contributed by atoms with van der Waals surface area (Å²) < 4.78 is 2.19. The number of aromatic nitrogens is 1. The zero-order chi connectivity index (χ0) is 22.5. The number of nitrogens with zero attached hydrogens (tertiary/aromatic N) is 3. The maximum absolute atomic E-state index is 13.6. The van der Waals surface area contributed by atoms with Gasteiger partial charge in [-0.15, -0.1) is 0 Å². The second-order valence-corrected chi connectivity index (χ2v) is 8.59. The summed E-state index contributed by atoms with van der Waals surface area (Å²) in [5, 5.41) is 11.2. The quantitative estimate of drug-likeness (QED) is 0.354. The van der Waals surface area contributed by atoms with Crippen molar-refractivity contribution in [3.63, 3.8) is 0 Å². The SMILES string of the molecule is Cc1ccccc1Cn1cccc1CN(C(=O)c1cccc([N+](=O)[O-])c1)C1CCCCC1. The van der Waals surface area contributed by atoms with Crippen molar-refractivity contribution in [1.29, 1.82) is 0 Å². The summed E-state index contributed by atoms with van der Waals surface area (Å²) in [6.45, 7) is 3.35. The van der Waals surface area contributed by atoms with Gasteiger partial charge >= 0.3 is 0 Å². The summed E-state index contributed by atoms with van der Waals surface area (Å²) in [6.07, 6.45) is 7.40. The molecule has 3 aromatic rings. The van der Waals surface area contributed by atoms with Gasteiger partial charge in [0, 0.05) is 42.2 Å². The number of nitro benzene ring substituents is 1. The normalized spacial score (nSPS) is 14.3. The van der Waals surface area contributed by atoms with Crippen molar-refractivity contribution in [1.82, 2.24) is 9.47 Å². The van der Waals surface area contributed by atoms with Crippen molar-refractivity contribution in [3.8, 4) is 0 Å². The van der Waals surface area contributed by atoms with Crippen LogP contribution in [0.5, 0.6) is 0 Å². The van der Waals surface area contributed by atoms with Gasteiger partial charge in [0.25, 0.3) is 11.6 Å². The van der Waals surface area contributed by atoms with Crippen LogP contribution in [0.4, 0.5) is 5.69 Å². The molecule has 1 aliphatic rings. The molecule has 0 atom stereocenters. The number of hydrogen-bond acceptors (Lipinski definition) is 3. The molecule has 2 aromatic carbocycles. The van der Waals surface area contributed by atoms with Crippen LogP contribution in [0.2, 0.25) is 0 Å². The first-order chi connectivity index (χ1) is 15.5. The Hall–Kier alpha value is -3.41. The summed E-state index contributed by atoms with van der Waals surface area (Å²) in [5.41, 5.74) is 3.88. The minimum Gasteiger partial charge on any atom is -0.345 e. The van der Waals surface area contributed by atoms with Crippen LogP contribution in [0, 0.1) is 17.0 Å². The fraction of sp³-hybridized carbons (Fsp3) is 0.346. The van der Waals surface area contributed by atoms with E-state index in [2.05, 4.69) is 35.9 Å². The number of rotatable bonds is 7. The molecule has 6 nitrogen and oxygen atoms in total. The molecule has 32 heavy (non-hydrogen) atoms. The van der Waals surface area contributed by atoms with E-state index in [0.717, 1.165) is 37.9 Å². The second-order valence-electron chi connectivity index (χ2n) is 8.59. The van der Waals surface area contributed by atoms with Crippen LogP contribution < -0.4 is 0 Å². The fourth-order valence-corrected chi connectivity index (χ4v) is 4.57. The van der Waals surface area contributed by atoms with Gasteiger partial charge in [0.2, 0.25) is 0 Å². The molecule has 1 amide bonds. The van der Waals surface area contributed by atoms with E-state index in [1.54, 1.807) is 12.1 Å². The highest BCUT2D eigenvalue weighted by atomic mass is 16.6. The molecule has 1 heterocycles. The lowest BCUT2D eigenvalue weighted by Crippen LogP contribution is -2.41. The molecule has 1 aromatic heterocycles. The lowest BCUT2D eigenvalue weighted by molar-refractivity contribution is -0.384. The molecule has 0 unspecified atom stereocenters. The molecule has 0 aliphatic heterocycles. The van der Waals surface area contributed by atoms with Gasteiger partial charge < -0.3 is 9.47 Å². The van der Waals surface area contributed by atoms with Gasteiger partial charge in [-0.05, 0) is 49.1 Å². The number of carbonyl (C=O) groups excluding carboxylic acids is 1. The smallest absolute Gasteiger partial charge is 0.270 e. The van der Waals surface area contributed by atoms with E-state index < -0.39 is 4.92 Å². The van der Waals surface area contributed by atoms with E-state index in [1.807, 2.05) is 23.1 Å². The van der Waals surface area contributed by atoms with Crippen LogP contribution in [-0.2, 0) is 13.1 Å². The Morgan fingerprint density at radius 2 is 1.84 bits per heavy atom. The Bertz CT molecular complexity index is 1100. The summed E-state index contributed by atoms with van der Waals surface area (Å²) in [7, 11) is 0. The molecule has 0 radical (unpaired) electrons. The molecule has 1 fully saturated rings. The summed E-state index contributed by atoms with van der Waals surface area (Å²) >= 11 is 0. The maximum atomic E-state index is 13.6. The van der Waals surface area contributed by atoms with E-state index in [9.17, 15) is 14.9 Å². The van der Waals surface area contributed by atoms with Crippen LogP contribution in [0.25, 0.3) is 0 Å². The maximum Gasteiger partial charge on any atom is 0.270 e. The fourth-order valence-electron chi connectivity index (χ4n) is 4.57. The van der Waals surface area contributed by atoms with Crippen molar-refractivity contribution in [2.45, 2.75) is 58.2 Å². The number of benzene rings is 2. The third kappa shape index (κ3) is 4.90. The Kier molecular flexibility index (Phi) is 6.69. The van der Waals surface area contributed by atoms with E-state index in [1.165, 1.54) is 29.7 Å². The molecule has 0 bridgehead atoms. The molecule has 6 heteroatoms. The molecular formula is C26H29N3O3. The van der Waals surface area contributed by atoms with Crippen LogP contribution in [0.15, 0.2) is 66.9 Å². The number of amides is 1. The zero-order valence-electron chi connectivity index (χ0n) is 18.4. The highest BCUT2D eigenvalue weighted by molar-refractivity contribution is 5.95. The standard InChI is InChI=1S/C26H29N3O3/c1-20-9-5-6-10-22(20)18-27-16-8-15-25(27)19-28(23-12-3-2-4-13-23)26(30)21-11-7-14-24(17-21)29(31)32/h5-11,14-17,23H,2-4,12-13,18-19H2,1H3. The van der Waals surface area contributed by atoms with Crippen molar-refractivity contribution >= 4 is 11.6 Å². The topological polar surface area (TPSA) is 68.4 Å². The monoisotopic (exact) mass is 431 g/mol. The number of carbonyl (C=O) groups is 1. The van der Waals surface area contributed by atoms with Crippen LogP contribution in [-0.4, -0.2) is 26.3 Å². The van der Waals surface area contributed by atoms with Gasteiger partial charge in [-0.2, -0.15) is 0 Å². The molecular weight excluding hydrogens is 402 g/mol. The van der Waals surface area contributed by atoms with Crippen molar-refractivity contribution in [2.24, 2.45) is 0 Å². The summed E-state index contributed by atoms with van der Waals surface area (Å²) in [4.78, 5) is 26.3. The molecule has 1 saturated carbocycles. The van der Waals surface area contributed by atoms with Gasteiger partial charge in [-0.25, -0.2) is 0 Å². The van der Waals surface area contributed by atoms with Gasteiger partial charge in [-0.3, -0.25) is 14.9 Å². The lowest BCUT2D eigenvalue weighted by Gasteiger charge is -2.35. The van der Waals surface area contributed by atoms with Crippen molar-refractivity contribution in [3.05, 3.63) is 99.4 Å². The minimum absolute atomic E-state index is 0.0534. The minimum atomic E-state index is -0.449. The predicted molar refractivity (Wildman–Crippen MR) is 125 cm³/mol. The largest absolute Gasteiger partial charge is 0.345 e. The van der Waals surface area contributed by atoms with Gasteiger partial charge in [0.05, 0.1) is 11.5 Å². The van der Waals surface area contributed by atoms with E-state index >= 15 is 0 Å². The molecule has 0 saturated heterocycles. The highest BCUT2D eigenvalue weighted by Crippen LogP contribution is 2.27. The van der Waals surface area contributed by atoms with Gasteiger partial charge in [0.1, 0.15) is 0 Å². The van der Waals surface area contributed by atoms with E-state index in [-0.39, 0.29) is 17.6 Å². The molecule has 1 aliphatic carbocycles. The Morgan fingerprint density at radius 1 is 1.06 bits per heavy atom. The zero-order valence-corrected chi connectivity index (χ0v) is 18.4. The number of nitro groups is 1. The van der Waals surface area contributed by atoms with Crippen molar-refractivity contribution < 1.29 is 9.72 Å². The predicted octanol–water partition coefficient (Wildman–Crippen LogP) is 5.73. The Balaban J connectivity index is 1.62. The third-order valence-corrected chi connectivity index (χ3v) is 6.44. The number of aryl methyl sites for hydroxylation is 1. The number of non-ortho nitro benzene ring substituents is 1. The van der Waals surface area contributed by atoms with Gasteiger partial charge in [-0.1, -0.05) is 49.6 Å². The summed E-state index contributed by atoms with van der Waals surface area (Å²) in [6, 6.07) is 18.6. The van der Waals surface area contributed by atoms with E-state index in [4.69, 9.17) is 0 Å². The highest BCUT2D eigenvalue weighted by Gasteiger charge is 2.28. The van der Waals surface area contributed by atoms with Crippen LogP contribution >= 0.6 is 0 Å². The first-order valence-corrected chi connectivity index (χ1v) is 11.3. The molecule has 4 rings (SSSR count). The van der Waals surface area contributed by atoms with Crippen molar-refractivity contribution in [2.75, 3.05) is 0 Å². The number of hydrogen-bond donors (Lipinski definition) is 0. The van der Waals surface area contributed by atoms with Gasteiger partial charge in [0.15, 0.2) is 0 Å². The average Bonchev–Trinajstić information content (AvgIpc) is 3.26. The summed E-state index contributed by atoms with van der Waals surface area (Å²) in [5.74, 6) is -0.135. The van der Waals surface area contributed by atoms with Crippen LogP contribution in [0.1, 0.15) is 59.3 Å². The first-order valence-electron chi connectivity index (χ1n) is 11.3. The average molecular weight is 432 g/mol. The van der Waals surface area contributed by atoms with E-state index in [0.29, 0.717) is 12.1 Å². The third-order valence-electron chi connectivity index (χ3n) is 6.44. The molecule has 0 N–H and O–H groups in total. The Labute approximate surface area is 188 Å². The lowest BCUT2D eigenvalue weighted by atomic mass is 9.93. The molecule has 0 spiro atoms. The second kappa shape index (κ2) is 9.81. The first kappa shape index (κ1) is 21.8.